The van der Waals surface area contributed by atoms with Gasteiger partial charge in [0.05, 0.1) is 18.9 Å². The van der Waals surface area contributed by atoms with Crippen LogP contribution < -0.4 is 5.23 Å². The average Bonchev–Trinajstić information content (AvgIpc) is 2.34. The predicted octanol–water partition coefficient (Wildman–Crippen LogP) is 2.46. The summed E-state index contributed by atoms with van der Waals surface area (Å²) >= 11 is 0. The van der Waals surface area contributed by atoms with Gasteiger partial charge >= 0.3 is 0 Å². The summed E-state index contributed by atoms with van der Waals surface area (Å²) in [5, 5.41) is 10.1. The van der Waals surface area contributed by atoms with E-state index in [2.05, 4.69) is 0 Å². The molecule has 0 bridgehead atoms. The molecule has 0 aliphatic heterocycles. The van der Waals surface area contributed by atoms with Gasteiger partial charge in [-0.15, -0.1) is 5.23 Å². The van der Waals surface area contributed by atoms with E-state index < -0.39 is 0 Å². The third-order valence-corrected chi connectivity index (χ3v) is 2.25. The summed E-state index contributed by atoms with van der Waals surface area (Å²) < 4.78 is 0. The highest BCUT2D eigenvalue weighted by Gasteiger charge is 2.06. The molecule has 1 aromatic carbocycles. The van der Waals surface area contributed by atoms with Gasteiger partial charge < -0.3 is 5.11 Å². The molecule has 1 N–H and O–H groups in total. The van der Waals surface area contributed by atoms with E-state index >= 15 is 0 Å². The van der Waals surface area contributed by atoms with Crippen molar-refractivity contribution < 1.29 is 14.8 Å². The molecule has 0 fully saturated rings. The fourth-order valence-electron chi connectivity index (χ4n) is 1.33. The van der Waals surface area contributed by atoms with E-state index in [1.165, 1.54) is 10.8 Å². The lowest BCUT2D eigenvalue weighted by molar-refractivity contribution is -0.0870. The van der Waals surface area contributed by atoms with Gasteiger partial charge in [0.25, 0.3) is 0 Å². The maximum atomic E-state index is 8.68. The zero-order chi connectivity index (χ0) is 12.5. The summed E-state index contributed by atoms with van der Waals surface area (Å²) in [5.41, 5.74) is 2.08. The van der Waals surface area contributed by atoms with E-state index in [-0.39, 0.29) is 6.61 Å². The fraction of sp³-hybridized carbons (Fsp3) is 0.538. The van der Waals surface area contributed by atoms with Crippen LogP contribution in [0, 0.1) is 6.92 Å². The van der Waals surface area contributed by atoms with Crippen LogP contribution in [-0.2, 0) is 9.68 Å². The standard InChI is InChI=1S/C13H21NO3/c1-3-16-14(17-11-5-4-10-15)13-8-6-12(2)7-9-13/h6-9,15H,3-5,10-11H2,1-2H3. The Bertz CT molecular complexity index is 300. The zero-order valence-electron chi connectivity index (χ0n) is 10.6. The number of aliphatic hydroxyl groups excluding tert-OH is 1. The van der Waals surface area contributed by atoms with Crippen LogP contribution in [0.3, 0.4) is 0 Å². The Hall–Kier alpha value is -1.10. The Balaban J connectivity index is 2.49. The van der Waals surface area contributed by atoms with Crippen LogP contribution >= 0.6 is 0 Å². The molecule has 0 heterocycles. The van der Waals surface area contributed by atoms with E-state index in [1.807, 2.05) is 38.1 Å². The number of unbranched alkanes of at least 4 members (excludes halogenated alkanes) is 1. The van der Waals surface area contributed by atoms with Gasteiger partial charge in [0.15, 0.2) is 0 Å². The van der Waals surface area contributed by atoms with E-state index in [0.717, 1.165) is 18.5 Å². The van der Waals surface area contributed by atoms with Gasteiger partial charge in [-0.1, -0.05) is 17.7 Å². The summed E-state index contributed by atoms with van der Waals surface area (Å²) in [6.45, 7) is 5.24. The van der Waals surface area contributed by atoms with Crippen LogP contribution in [0.1, 0.15) is 25.3 Å². The second-order valence-corrected chi connectivity index (χ2v) is 3.77. The third-order valence-electron chi connectivity index (χ3n) is 2.25. The number of aryl methyl sites for hydroxylation is 1. The van der Waals surface area contributed by atoms with Gasteiger partial charge in [-0.2, -0.15) is 0 Å². The van der Waals surface area contributed by atoms with Crippen LogP contribution in [0.2, 0.25) is 0 Å². The molecule has 0 atom stereocenters. The molecule has 0 unspecified atom stereocenters. The molecule has 1 aromatic rings. The molecule has 0 radical (unpaired) electrons. The first-order chi connectivity index (χ1) is 8.27. The monoisotopic (exact) mass is 239 g/mol. The fourth-order valence-corrected chi connectivity index (χ4v) is 1.33. The van der Waals surface area contributed by atoms with Crippen LogP contribution in [0.25, 0.3) is 0 Å². The lowest BCUT2D eigenvalue weighted by atomic mass is 10.2. The highest BCUT2D eigenvalue weighted by atomic mass is 16.9. The van der Waals surface area contributed by atoms with Crippen LogP contribution in [-0.4, -0.2) is 24.9 Å². The van der Waals surface area contributed by atoms with Crippen molar-refractivity contribution in [2.75, 3.05) is 25.0 Å². The summed E-state index contributed by atoms with van der Waals surface area (Å²) in [6.07, 6.45) is 1.56. The molecule has 0 saturated heterocycles. The highest BCUT2D eigenvalue weighted by molar-refractivity contribution is 5.42. The summed E-state index contributed by atoms with van der Waals surface area (Å²) in [5.74, 6) is 0. The maximum Gasteiger partial charge on any atom is 0.0947 e. The molecule has 17 heavy (non-hydrogen) atoms. The van der Waals surface area contributed by atoms with Crippen LogP contribution in [0.4, 0.5) is 5.69 Å². The Labute approximate surface area is 103 Å². The minimum absolute atomic E-state index is 0.197. The number of benzene rings is 1. The SMILES string of the molecule is CCON(OCCCCO)c1ccc(C)cc1. The molecular formula is C13H21NO3. The number of anilines is 1. The van der Waals surface area contributed by atoms with Gasteiger partial charge in [-0.25, -0.2) is 9.68 Å². The first kappa shape index (κ1) is 14.0. The summed E-state index contributed by atoms with van der Waals surface area (Å²) in [7, 11) is 0. The maximum absolute atomic E-state index is 8.68. The first-order valence-corrected chi connectivity index (χ1v) is 6.01. The van der Waals surface area contributed by atoms with E-state index in [9.17, 15) is 0 Å². The van der Waals surface area contributed by atoms with Gasteiger partial charge in [-0.05, 0) is 38.8 Å². The molecule has 4 nitrogen and oxygen atoms in total. The number of rotatable bonds is 8. The summed E-state index contributed by atoms with van der Waals surface area (Å²) in [6, 6.07) is 7.94. The van der Waals surface area contributed by atoms with Crippen molar-refractivity contribution >= 4 is 5.69 Å². The van der Waals surface area contributed by atoms with Gasteiger partial charge in [0, 0.05) is 6.61 Å². The number of aliphatic hydroxyl groups is 1. The van der Waals surface area contributed by atoms with Crippen molar-refractivity contribution in [3.8, 4) is 0 Å². The minimum atomic E-state index is 0.197. The Morgan fingerprint density at radius 1 is 1.12 bits per heavy atom. The molecule has 1 rings (SSSR count). The van der Waals surface area contributed by atoms with Gasteiger partial charge in [0.1, 0.15) is 0 Å². The smallest absolute Gasteiger partial charge is 0.0947 e. The Morgan fingerprint density at radius 3 is 2.41 bits per heavy atom. The molecule has 0 aliphatic rings. The normalized spacial score (nSPS) is 10.5. The lowest BCUT2D eigenvalue weighted by Crippen LogP contribution is -2.24. The molecule has 0 amide bonds. The van der Waals surface area contributed by atoms with Crippen molar-refractivity contribution in [3.63, 3.8) is 0 Å². The molecule has 96 valence electrons. The first-order valence-electron chi connectivity index (χ1n) is 6.01. The molecule has 0 aliphatic carbocycles. The molecule has 0 aromatic heterocycles. The predicted molar refractivity (Wildman–Crippen MR) is 67.6 cm³/mol. The minimum Gasteiger partial charge on any atom is -0.396 e. The average molecular weight is 239 g/mol. The van der Waals surface area contributed by atoms with Crippen molar-refractivity contribution in [1.29, 1.82) is 0 Å². The lowest BCUT2D eigenvalue weighted by Gasteiger charge is -2.22. The molecular weight excluding hydrogens is 218 g/mol. The molecule has 4 heteroatoms. The van der Waals surface area contributed by atoms with E-state index in [0.29, 0.717) is 13.2 Å². The van der Waals surface area contributed by atoms with Gasteiger partial charge in [-0.3, -0.25) is 0 Å². The second kappa shape index (κ2) is 8.06. The Kier molecular flexibility index (Phi) is 6.62. The van der Waals surface area contributed by atoms with Crippen molar-refractivity contribution in [2.24, 2.45) is 0 Å². The number of nitrogens with zero attached hydrogens (tertiary/aromatic N) is 1. The highest BCUT2D eigenvalue weighted by Crippen LogP contribution is 2.16. The number of hydrogen-bond acceptors (Lipinski definition) is 4. The van der Waals surface area contributed by atoms with Crippen LogP contribution in [0.5, 0.6) is 0 Å². The quantitative estimate of drug-likeness (QED) is 0.559. The van der Waals surface area contributed by atoms with E-state index in [4.69, 9.17) is 14.8 Å². The van der Waals surface area contributed by atoms with Crippen molar-refractivity contribution in [2.45, 2.75) is 26.7 Å². The summed E-state index contributed by atoms with van der Waals surface area (Å²) in [4.78, 5) is 10.9. The second-order valence-electron chi connectivity index (χ2n) is 3.77. The topological polar surface area (TPSA) is 41.9 Å². The third kappa shape index (κ3) is 5.17. The zero-order valence-corrected chi connectivity index (χ0v) is 10.6. The van der Waals surface area contributed by atoms with E-state index in [1.54, 1.807) is 0 Å². The van der Waals surface area contributed by atoms with Gasteiger partial charge in [0.2, 0.25) is 0 Å². The van der Waals surface area contributed by atoms with Crippen molar-refractivity contribution in [1.82, 2.24) is 0 Å². The number of hydrogen-bond donors (Lipinski definition) is 1. The molecule has 0 saturated carbocycles. The molecule has 0 spiro atoms. The largest absolute Gasteiger partial charge is 0.396 e. The van der Waals surface area contributed by atoms with Crippen LogP contribution in [0.15, 0.2) is 24.3 Å². The Morgan fingerprint density at radius 2 is 1.82 bits per heavy atom. The van der Waals surface area contributed by atoms with Crippen molar-refractivity contribution in [3.05, 3.63) is 29.8 Å².